The smallest absolute Gasteiger partial charge is 0.347 e. The molecule has 2 rings (SSSR count). The second kappa shape index (κ2) is 5.19. The number of hydrogen-bond donors (Lipinski definition) is 1. The SMILES string of the molecule is CCOC(=O)C1CCc2ccc(CO)cc2O1. The van der Waals surface area contributed by atoms with E-state index in [9.17, 15) is 4.79 Å². The summed E-state index contributed by atoms with van der Waals surface area (Å²) in [5, 5.41) is 9.05. The summed E-state index contributed by atoms with van der Waals surface area (Å²) in [4.78, 5) is 11.6. The van der Waals surface area contributed by atoms with Gasteiger partial charge in [0.25, 0.3) is 0 Å². The van der Waals surface area contributed by atoms with Gasteiger partial charge in [0.15, 0.2) is 6.10 Å². The van der Waals surface area contributed by atoms with Gasteiger partial charge in [-0.2, -0.15) is 0 Å². The Kier molecular flexibility index (Phi) is 3.64. The summed E-state index contributed by atoms with van der Waals surface area (Å²) >= 11 is 0. The Balaban J connectivity index is 2.14. The Bertz CT molecular complexity index is 414. The molecular formula is C13H16O4. The zero-order valence-electron chi connectivity index (χ0n) is 9.81. The van der Waals surface area contributed by atoms with Crippen molar-refractivity contribution in [2.75, 3.05) is 6.61 Å². The number of rotatable bonds is 3. The summed E-state index contributed by atoms with van der Waals surface area (Å²) in [6.07, 6.45) is 0.922. The largest absolute Gasteiger partial charge is 0.478 e. The highest BCUT2D eigenvalue weighted by atomic mass is 16.6. The van der Waals surface area contributed by atoms with Crippen molar-refractivity contribution < 1.29 is 19.4 Å². The number of carbonyl (C=O) groups excluding carboxylic acids is 1. The van der Waals surface area contributed by atoms with Crippen molar-refractivity contribution in [3.8, 4) is 5.75 Å². The maximum Gasteiger partial charge on any atom is 0.347 e. The Labute approximate surface area is 100 Å². The van der Waals surface area contributed by atoms with Crippen molar-refractivity contribution in [1.29, 1.82) is 0 Å². The average molecular weight is 236 g/mol. The number of carbonyl (C=O) groups is 1. The van der Waals surface area contributed by atoms with Crippen LogP contribution in [0.4, 0.5) is 0 Å². The van der Waals surface area contributed by atoms with Crippen molar-refractivity contribution in [1.82, 2.24) is 0 Å². The zero-order valence-corrected chi connectivity index (χ0v) is 9.81. The molecule has 0 saturated carbocycles. The lowest BCUT2D eigenvalue weighted by Crippen LogP contribution is -2.32. The van der Waals surface area contributed by atoms with Crippen LogP contribution in [0.5, 0.6) is 5.75 Å². The van der Waals surface area contributed by atoms with Crippen LogP contribution in [0.2, 0.25) is 0 Å². The highest BCUT2D eigenvalue weighted by Gasteiger charge is 2.27. The molecular weight excluding hydrogens is 220 g/mol. The molecule has 0 bridgehead atoms. The van der Waals surface area contributed by atoms with Gasteiger partial charge in [-0.1, -0.05) is 12.1 Å². The number of ether oxygens (including phenoxy) is 2. The third-order valence-electron chi connectivity index (χ3n) is 2.81. The van der Waals surface area contributed by atoms with Gasteiger partial charge in [0.05, 0.1) is 13.2 Å². The second-order valence-electron chi connectivity index (χ2n) is 4.00. The average Bonchev–Trinajstić information content (AvgIpc) is 2.37. The van der Waals surface area contributed by atoms with Gasteiger partial charge in [-0.05, 0) is 37.0 Å². The third-order valence-corrected chi connectivity index (χ3v) is 2.81. The van der Waals surface area contributed by atoms with Gasteiger partial charge in [-0.3, -0.25) is 0 Å². The van der Waals surface area contributed by atoms with Crippen LogP contribution in [0.1, 0.15) is 24.5 Å². The molecule has 0 fully saturated rings. The topological polar surface area (TPSA) is 55.8 Å². The molecule has 1 aliphatic heterocycles. The molecule has 0 aromatic heterocycles. The maximum atomic E-state index is 11.6. The lowest BCUT2D eigenvalue weighted by molar-refractivity contribution is -0.152. The monoisotopic (exact) mass is 236 g/mol. The summed E-state index contributed by atoms with van der Waals surface area (Å²) in [5.41, 5.74) is 1.86. The van der Waals surface area contributed by atoms with E-state index in [0.717, 1.165) is 17.5 Å². The van der Waals surface area contributed by atoms with Gasteiger partial charge in [-0.15, -0.1) is 0 Å². The lowest BCUT2D eigenvalue weighted by Gasteiger charge is -2.24. The van der Waals surface area contributed by atoms with Crippen molar-refractivity contribution >= 4 is 5.97 Å². The third kappa shape index (κ3) is 2.58. The molecule has 17 heavy (non-hydrogen) atoms. The van der Waals surface area contributed by atoms with Crippen molar-refractivity contribution in [2.24, 2.45) is 0 Å². The Hall–Kier alpha value is -1.55. The molecule has 0 radical (unpaired) electrons. The number of aryl methyl sites for hydroxylation is 1. The van der Waals surface area contributed by atoms with Crippen LogP contribution in [0.25, 0.3) is 0 Å². The fourth-order valence-corrected chi connectivity index (χ4v) is 1.91. The zero-order chi connectivity index (χ0) is 12.3. The molecule has 0 aliphatic carbocycles. The molecule has 0 saturated heterocycles. The van der Waals surface area contributed by atoms with E-state index in [1.807, 2.05) is 12.1 Å². The molecule has 1 unspecified atom stereocenters. The number of esters is 1. The first-order valence-electron chi connectivity index (χ1n) is 5.80. The Morgan fingerprint density at radius 3 is 3.12 bits per heavy atom. The van der Waals surface area contributed by atoms with E-state index in [4.69, 9.17) is 14.6 Å². The van der Waals surface area contributed by atoms with Gasteiger partial charge in [0.2, 0.25) is 0 Å². The molecule has 92 valence electrons. The number of benzene rings is 1. The first-order chi connectivity index (χ1) is 8.24. The van der Waals surface area contributed by atoms with E-state index in [0.29, 0.717) is 18.8 Å². The molecule has 0 spiro atoms. The first-order valence-corrected chi connectivity index (χ1v) is 5.80. The second-order valence-corrected chi connectivity index (χ2v) is 4.00. The quantitative estimate of drug-likeness (QED) is 0.807. The molecule has 4 heteroatoms. The van der Waals surface area contributed by atoms with E-state index >= 15 is 0 Å². The lowest BCUT2D eigenvalue weighted by atomic mass is 10.0. The predicted molar refractivity (Wildman–Crippen MR) is 61.7 cm³/mol. The molecule has 1 aliphatic rings. The van der Waals surface area contributed by atoms with Crippen LogP contribution in [-0.2, 0) is 22.6 Å². The van der Waals surface area contributed by atoms with E-state index in [1.54, 1.807) is 13.0 Å². The molecule has 1 atom stereocenters. The van der Waals surface area contributed by atoms with Gasteiger partial charge in [0, 0.05) is 0 Å². The normalized spacial score (nSPS) is 18.1. The predicted octanol–water partition coefficient (Wildman–Crippen LogP) is 1.44. The minimum Gasteiger partial charge on any atom is -0.478 e. The highest BCUT2D eigenvalue weighted by molar-refractivity contribution is 5.75. The summed E-state index contributed by atoms with van der Waals surface area (Å²) < 4.78 is 10.5. The van der Waals surface area contributed by atoms with E-state index in [2.05, 4.69) is 0 Å². The molecule has 0 amide bonds. The summed E-state index contributed by atoms with van der Waals surface area (Å²) in [6.45, 7) is 2.11. The summed E-state index contributed by atoms with van der Waals surface area (Å²) in [7, 11) is 0. The van der Waals surface area contributed by atoms with Crippen LogP contribution in [0, 0.1) is 0 Å². The Morgan fingerprint density at radius 2 is 2.41 bits per heavy atom. The summed E-state index contributed by atoms with van der Waals surface area (Å²) in [6, 6.07) is 5.58. The van der Waals surface area contributed by atoms with E-state index < -0.39 is 6.10 Å². The minimum absolute atomic E-state index is 0.0271. The van der Waals surface area contributed by atoms with Crippen LogP contribution in [0.3, 0.4) is 0 Å². The number of aliphatic hydroxyl groups excluding tert-OH is 1. The van der Waals surface area contributed by atoms with Gasteiger partial charge < -0.3 is 14.6 Å². The fourth-order valence-electron chi connectivity index (χ4n) is 1.91. The number of aliphatic hydroxyl groups is 1. The molecule has 1 aromatic carbocycles. The minimum atomic E-state index is -0.517. The Morgan fingerprint density at radius 1 is 1.59 bits per heavy atom. The summed E-state index contributed by atoms with van der Waals surface area (Å²) in [5.74, 6) is 0.369. The van der Waals surface area contributed by atoms with Crippen molar-refractivity contribution in [3.05, 3.63) is 29.3 Å². The molecule has 1 heterocycles. The fraction of sp³-hybridized carbons (Fsp3) is 0.462. The van der Waals surface area contributed by atoms with Crippen LogP contribution < -0.4 is 4.74 Å². The van der Waals surface area contributed by atoms with E-state index in [-0.39, 0.29) is 12.6 Å². The molecule has 4 nitrogen and oxygen atoms in total. The van der Waals surface area contributed by atoms with Crippen molar-refractivity contribution in [2.45, 2.75) is 32.5 Å². The van der Waals surface area contributed by atoms with Crippen molar-refractivity contribution in [3.63, 3.8) is 0 Å². The van der Waals surface area contributed by atoms with Crippen LogP contribution in [0.15, 0.2) is 18.2 Å². The number of fused-ring (bicyclic) bond motifs is 1. The molecule has 1 aromatic rings. The first kappa shape index (κ1) is 11.9. The standard InChI is InChI=1S/C13H16O4/c1-2-16-13(15)11-6-5-10-4-3-9(8-14)7-12(10)17-11/h3-4,7,11,14H,2,5-6,8H2,1H3. The van der Waals surface area contributed by atoms with Gasteiger partial charge in [-0.25, -0.2) is 4.79 Å². The van der Waals surface area contributed by atoms with E-state index in [1.165, 1.54) is 0 Å². The maximum absolute atomic E-state index is 11.6. The highest BCUT2D eigenvalue weighted by Crippen LogP contribution is 2.29. The van der Waals surface area contributed by atoms with Gasteiger partial charge >= 0.3 is 5.97 Å². The van der Waals surface area contributed by atoms with Gasteiger partial charge in [0.1, 0.15) is 5.75 Å². The molecule has 1 N–H and O–H groups in total. The van der Waals surface area contributed by atoms with Crippen LogP contribution >= 0.6 is 0 Å². The number of hydrogen-bond acceptors (Lipinski definition) is 4. The van der Waals surface area contributed by atoms with Crippen LogP contribution in [-0.4, -0.2) is 23.8 Å².